The molecule has 1 aliphatic carbocycles. The third kappa shape index (κ3) is 3.29. The number of nitrogens with zero attached hydrogens (tertiary/aromatic N) is 1. The van der Waals surface area contributed by atoms with E-state index in [2.05, 4.69) is 31.5 Å². The van der Waals surface area contributed by atoms with Gasteiger partial charge in [0.2, 0.25) is 0 Å². The van der Waals surface area contributed by atoms with Gasteiger partial charge in [-0.3, -0.25) is 0 Å². The van der Waals surface area contributed by atoms with Gasteiger partial charge in [0.05, 0.1) is 10.7 Å². The number of nitrogens with one attached hydrogen (secondary N) is 1. The predicted molar refractivity (Wildman–Crippen MR) is 69.9 cm³/mol. The van der Waals surface area contributed by atoms with Crippen LogP contribution in [0.3, 0.4) is 0 Å². The smallest absolute Gasteiger partial charge is 0.0959 e. The molecule has 1 aliphatic rings. The van der Waals surface area contributed by atoms with Crippen molar-refractivity contribution in [1.29, 1.82) is 0 Å². The summed E-state index contributed by atoms with van der Waals surface area (Å²) in [6.45, 7) is 7.47. The van der Waals surface area contributed by atoms with Crippen LogP contribution in [0.15, 0.2) is 5.38 Å². The van der Waals surface area contributed by atoms with E-state index >= 15 is 0 Å². The Morgan fingerprint density at radius 1 is 1.38 bits per heavy atom. The lowest BCUT2D eigenvalue weighted by atomic mass is 10.1. The largest absolute Gasteiger partial charge is 0.306 e. The molecule has 90 valence electrons. The zero-order valence-electron chi connectivity index (χ0n) is 10.5. The van der Waals surface area contributed by atoms with Gasteiger partial charge in [0.1, 0.15) is 0 Å². The lowest BCUT2D eigenvalue weighted by Crippen LogP contribution is -2.35. The molecule has 0 aromatic carbocycles. The second-order valence-corrected chi connectivity index (χ2v) is 6.65. The summed E-state index contributed by atoms with van der Waals surface area (Å²) in [5.41, 5.74) is 1.39. The molecule has 1 heterocycles. The molecule has 2 nitrogen and oxygen atoms in total. The molecule has 0 saturated heterocycles. The van der Waals surface area contributed by atoms with Gasteiger partial charge in [-0.25, -0.2) is 4.98 Å². The van der Waals surface area contributed by atoms with E-state index in [-0.39, 0.29) is 5.54 Å². The summed E-state index contributed by atoms with van der Waals surface area (Å²) >= 11 is 1.85. The van der Waals surface area contributed by atoms with Gasteiger partial charge in [-0.05, 0) is 33.6 Å². The van der Waals surface area contributed by atoms with Crippen molar-refractivity contribution in [3.05, 3.63) is 16.1 Å². The van der Waals surface area contributed by atoms with Crippen LogP contribution in [0.25, 0.3) is 0 Å². The third-order valence-corrected chi connectivity index (χ3v) is 4.13. The molecule has 0 atom stereocenters. The van der Waals surface area contributed by atoms with Gasteiger partial charge < -0.3 is 5.32 Å². The van der Waals surface area contributed by atoms with Crippen molar-refractivity contribution in [2.75, 3.05) is 0 Å². The predicted octanol–water partition coefficient (Wildman–Crippen LogP) is 3.69. The monoisotopic (exact) mass is 238 g/mol. The summed E-state index contributed by atoms with van der Waals surface area (Å²) in [7, 11) is 0. The summed E-state index contributed by atoms with van der Waals surface area (Å²) in [4.78, 5) is 4.75. The summed E-state index contributed by atoms with van der Waals surface area (Å²) < 4.78 is 0. The highest BCUT2D eigenvalue weighted by Crippen LogP contribution is 2.35. The van der Waals surface area contributed by atoms with Crippen LogP contribution in [0.5, 0.6) is 0 Å². The highest BCUT2D eigenvalue weighted by Gasteiger charge is 2.20. The summed E-state index contributed by atoms with van der Waals surface area (Å²) in [6, 6.07) is 0. The van der Waals surface area contributed by atoms with Gasteiger partial charge in [-0.15, -0.1) is 11.3 Å². The quantitative estimate of drug-likeness (QED) is 0.868. The van der Waals surface area contributed by atoms with Gasteiger partial charge >= 0.3 is 0 Å². The molecule has 0 aliphatic heterocycles. The zero-order chi connectivity index (χ0) is 11.6. The second kappa shape index (κ2) is 4.84. The normalized spacial score (nSPS) is 18.2. The SMILES string of the molecule is CC(C)(C)NCc1csc(C2CCCC2)n1. The van der Waals surface area contributed by atoms with Gasteiger partial charge in [0.25, 0.3) is 0 Å². The highest BCUT2D eigenvalue weighted by atomic mass is 32.1. The van der Waals surface area contributed by atoms with Gasteiger partial charge in [0, 0.05) is 23.4 Å². The minimum absolute atomic E-state index is 0.178. The molecular formula is C13H22N2S. The molecular weight excluding hydrogens is 216 g/mol. The molecule has 1 N–H and O–H groups in total. The second-order valence-electron chi connectivity index (χ2n) is 5.76. The van der Waals surface area contributed by atoms with E-state index in [0.29, 0.717) is 0 Å². The van der Waals surface area contributed by atoms with Gasteiger partial charge in [-0.1, -0.05) is 12.8 Å². The van der Waals surface area contributed by atoms with Crippen molar-refractivity contribution in [3.63, 3.8) is 0 Å². The Morgan fingerprint density at radius 3 is 2.69 bits per heavy atom. The molecule has 0 spiro atoms. The fourth-order valence-electron chi connectivity index (χ4n) is 2.12. The van der Waals surface area contributed by atoms with Crippen LogP contribution < -0.4 is 5.32 Å². The first-order chi connectivity index (χ1) is 7.54. The minimum Gasteiger partial charge on any atom is -0.306 e. The van der Waals surface area contributed by atoms with Crippen LogP contribution >= 0.6 is 11.3 Å². The number of hydrogen-bond acceptors (Lipinski definition) is 3. The summed E-state index contributed by atoms with van der Waals surface area (Å²) in [5, 5.41) is 7.06. The Kier molecular flexibility index (Phi) is 3.65. The highest BCUT2D eigenvalue weighted by molar-refractivity contribution is 7.09. The average molecular weight is 238 g/mol. The Balaban J connectivity index is 1.91. The molecule has 3 heteroatoms. The number of hydrogen-bond donors (Lipinski definition) is 1. The Morgan fingerprint density at radius 2 is 2.06 bits per heavy atom. The molecule has 16 heavy (non-hydrogen) atoms. The standard InChI is InChI=1S/C13H22N2S/c1-13(2,3)14-8-11-9-16-12(15-11)10-6-4-5-7-10/h9-10,14H,4-8H2,1-3H3. The molecule has 0 radical (unpaired) electrons. The number of aromatic nitrogens is 1. The fraction of sp³-hybridized carbons (Fsp3) is 0.769. The van der Waals surface area contributed by atoms with Gasteiger partial charge in [0.15, 0.2) is 0 Å². The zero-order valence-corrected chi connectivity index (χ0v) is 11.4. The van der Waals surface area contributed by atoms with Crippen LogP contribution in [0.2, 0.25) is 0 Å². The van der Waals surface area contributed by atoms with Crippen LogP contribution in [-0.4, -0.2) is 10.5 Å². The first-order valence-corrected chi connectivity index (χ1v) is 7.12. The third-order valence-electron chi connectivity index (χ3n) is 3.07. The summed E-state index contributed by atoms with van der Waals surface area (Å²) in [5.74, 6) is 0.758. The van der Waals surface area contributed by atoms with Crippen LogP contribution in [0.1, 0.15) is 63.1 Å². The first-order valence-electron chi connectivity index (χ1n) is 6.24. The summed E-state index contributed by atoms with van der Waals surface area (Å²) in [6.07, 6.45) is 5.47. The molecule has 0 amide bonds. The minimum atomic E-state index is 0.178. The van der Waals surface area contributed by atoms with Crippen LogP contribution in [0, 0.1) is 0 Å². The lowest BCUT2D eigenvalue weighted by molar-refractivity contribution is 0.421. The Bertz CT molecular complexity index is 332. The van der Waals surface area contributed by atoms with E-state index in [0.717, 1.165) is 12.5 Å². The topological polar surface area (TPSA) is 24.9 Å². The fourth-order valence-corrected chi connectivity index (χ4v) is 3.11. The molecule has 1 fully saturated rings. The van der Waals surface area contributed by atoms with Crippen molar-refractivity contribution >= 4 is 11.3 Å². The van der Waals surface area contributed by atoms with Crippen molar-refractivity contribution < 1.29 is 0 Å². The van der Waals surface area contributed by atoms with E-state index in [1.807, 2.05) is 11.3 Å². The maximum Gasteiger partial charge on any atom is 0.0959 e. The van der Waals surface area contributed by atoms with Gasteiger partial charge in [-0.2, -0.15) is 0 Å². The maximum absolute atomic E-state index is 4.75. The Labute approximate surface area is 102 Å². The molecule has 0 unspecified atom stereocenters. The van der Waals surface area contributed by atoms with Crippen molar-refractivity contribution in [2.45, 2.75) is 64.5 Å². The van der Waals surface area contributed by atoms with E-state index in [9.17, 15) is 0 Å². The molecule has 1 aromatic heterocycles. The number of rotatable bonds is 3. The molecule has 1 aromatic rings. The van der Waals surface area contributed by atoms with Crippen LogP contribution in [-0.2, 0) is 6.54 Å². The maximum atomic E-state index is 4.75. The average Bonchev–Trinajstić information content (AvgIpc) is 2.84. The van der Waals surface area contributed by atoms with E-state index in [1.165, 1.54) is 36.4 Å². The van der Waals surface area contributed by atoms with E-state index in [1.54, 1.807) is 0 Å². The molecule has 2 rings (SSSR count). The van der Waals surface area contributed by atoms with Crippen molar-refractivity contribution in [1.82, 2.24) is 10.3 Å². The lowest BCUT2D eigenvalue weighted by Gasteiger charge is -2.19. The first kappa shape index (κ1) is 12.1. The molecule has 0 bridgehead atoms. The number of thiazole rings is 1. The van der Waals surface area contributed by atoms with E-state index in [4.69, 9.17) is 4.98 Å². The van der Waals surface area contributed by atoms with E-state index < -0.39 is 0 Å². The van der Waals surface area contributed by atoms with Crippen molar-refractivity contribution in [2.24, 2.45) is 0 Å². The Hall–Kier alpha value is -0.410. The molecule has 1 saturated carbocycles. The van der Waals surface area contributed by atoms with Crippen LogP contribution in [0.4, 0.5) is 0 Å². The van der Waals surface area contributed by atoms with Crippen molar-refractivity contribution in [3.8, 4) is 0 Å².